The molecule has 0 saturated carbocycles. The monoisotopic (exact) mass is 143 g/mol. The van der Waals surface area contributed by atoms with Gasteiger partial charge in [-0.25, -0.2) is 0 Å². The summed E-state index contributed by atoms with van der Waals surface area (Å²) in [5.41, 5.74) is 0. The molecule has 0 spiro atoms. The zero-order chi connectivity index (χ0) is 6.99. The van der Waals surface area contributed by atoms with E-state index in [0.717, 1.165) is 0 Å². The lowest BCUT2D eigenvalue weighted by Gasteiger charge is -1.90. The molecule has 52 valence electrons. The minimum atomic E-state index is 0. The van der Waals surface area contributed by atoms with Gasteiger partial charge in [0, 0.05) is 0 Å². The first-order chi connectivity index (χ1) is 3.65. The Morgan fingerprint density at radius 2 is 1.11 bits per heavy atom. The summed E-state index contributed by atoms with van der Waals surface area (Å²) in [6, 6.07) is 2.47. The van der Waals surface area contributed by atoms with Gasteiger partial charge in [0.25, 0.3) is 0 Å². The third-order valence-electron chi connectivity index (χ3n) is 0.0500. The van der Waals surface area contributed by atoms with Crippen molar-refractivity contribution in [2.75, 3.05) is 21.1 Å². The molecule has 0 unspecified atom stereocenters. The molecule has 4 heteroatoms. The van der Waals surface area contributed by atoms with Crippen molar-refractivity contribution in [3.63, 3.8) is 0 Å². The Kier molecular flexibility index (Phi) is 27.4. The van der Waals surface area contributed by atoms with Crippen molar-refractivity contribution in [1.82, 2.24) is 4.90 Å². The predicted molar refractivity (Wildman–Crippen MR) is 42.2 cm³/mol. The van der Waals surface area contributed by atoms with E-state index in [1.807, 2.05) is 26.0 Å². The second-order valence-electron chi connectivity index (χ2n) is 1.57. The minimum absolute atomic E-state index is 0. The van der Waals surface area contributed by atoms with Gasteiger partial charge in [-0.2, -0.15) is 10.5 Å². The average molecular weight is 143 g/mol. The predicted octanol–water partition coefficient (Wildman–Crippen LogP) is -1.24. The lowest BCUT2D eigenvalue weighted by Crippen LogP contribution is -1.99. The molecule has 0 atom stereocenters. The largest absolute Gasteiger partial charge is 0.312 e. The van der Waals surface area contributed by atoms with Gasteiger partial charge in [0.15, 0.2) is 12.1 Å². The van der Waals surface area contributed by atoms with Crippen LogP contribution in [0.1, 0.15) is 0 Å². The second kappa shape index (κ2) is 15.7. The molecule has 0 aromatic rings. The van der Waals surface area contributed by atoms with E-state index in [-0.39, 0.29) is 11.0 Å². The molecule has 0 aromatic carbocycles. The molecule has 0 saturated heterocycles. The van der Waals surface area contributed by atoms with Gasteiger partial charge < -0.3 is 4.90 Å². The summed E-state index contributed by atoms with van der Waals surface area (Å²) >= 11 is 0. The molecular formula is C5H13N3Si. The van der Waals surface area contributed by atoms with Crippen molar-refractivity contribution in [3.8, 4) is 12.1 Å². The quantitative estimate of drug-likeness (QED) is 0.399. The van der Waals surface area contributed by atoms with Crippen LogP contribution < -0.4 is 0 Å². The molecule has 0 aromatic heterocycles. The molecular weight excluding hydrogens is 130 g/mol. The van der Waals surface area contributed by atoms with E-state index in [1.165, 1.54) is 12.1 Å². The summed E-state index contributed by atoms with van der Waals surface area (Å²) in [6.07, 6.45) is 0. The molecule has 0 fully saturated rings. The fourth-order valence-electron chi connectivity index (χ4n) is 0. The Morgan fingerprint density at radius 3 is 1.11 bits per heavy atom. The van der Waals surface area contributed by atoms with Crippen LogP contribution >= 0.6 is 0 Å². The Bertz CT molecular complexity index is 93.6. The van der Waals surface area contributed by atoms with Gasteiger partial charge in [0.05, 0.1) is 0 Å². The van der Waals surface area contributed by atoms with Crippen molar-refractivity contribution in [2.24, 2.45) is 0 Å². The van der Waals surface area contributed by atoms with Gasteiger partial charge in [-0.3, -0.25) is 0 Å². The van der Waals surface area contributed by atoms with Gasteiger partial charge >= 0.3 is 0 Å². The van der Waals surface area contributed by atoms with Crippen LogP contribution in [0.5, 0.6) is 0 Å². The average Bonchev–Trinajstić information content (AvgIpc) is 1.65. The van der Waals surface area contributed by atoms with Crippen LogP contribution in [0.4, 0.5) is 0 Å². The summed E-state index contributed by atoms with van der Waals surface area (Å²) < 4.78 is 0. The number of hydrogen-bond donors (Lipinski definition) is 0. The highest BCUT2D eigenvalue weighted by Gasteiger charge is 1.58. The van der Waals surface area contributed by atoms with Crippen molar-refractivity contribution >= 4 is 11.0 Å². The lowest BCUT2D eigenvalue weighted by molar-refractivity contribution is 0.505. The molecule has 0 N–H and O–H groups in total. The standard InChI is InChI=1S/C3H9N.C2N2.H4Si/c1-4(2)3;3-1-2-4;/h1-3H3;;1H4. The first-order valence-electron chi connectivity index (χ1n) is 2.04. The van der Waals surface area contributed by atoms with E-state index in [9.17, 15) is 0 Å². The summed E-state index contributed by atoms with van der Waals surface area (Å²) in [7, 11) is 6.00. The van der Waals surface area contributed by atoms with E-state index in [1.54, 1.807) is 0 Å². The van der Waals surface area contributed by atoms with Crippen LogP contribution in [0.3, 0.4) is 0 Å². The zero-order valence-electron chi connectivity index (χ0n) is 5.34. The minimum Gasteiger partial charge on any atom is -0.312 e. The molecule has 0 heterocycles. The van der Waals surface area contributed by atoms with Gasteiger partial charge in [0.1, 0.15) is 0 Å². The van der Waals surface area contributed by atoms with E-state index in [4.69, 9.17) is 10.5 Å². The summed E-state index contributed by atoms with van der Waals surface area (Å²) in [5, 5.41) is 14.5. The van der Waals surface area contributed by atoms with Gasteiger partial charge in [0.2, 0.25) is 0 Å². The maximum atomic E-state index is 7.26. The second-order valence-corrected chi connectivity index (χ2v) is 1.57. The lowest BCUT2D eigenvalue weighted by atomic mass is 10.9. The van der Waals surface area contributed by atoms with E-state index < -0.39 is 0 Å². The summed E-state index contributed by atoms with van der Waals surface area (Å²) in [4.78, 5) is 2.00. The smallest absolute Gasteiger partial charge is 0.181 e. The highest BCUT2D eigenvalue weighted by atomic mass is 28.1. The zero-order valence-corrected chi connectivity index (χ0v) is 5.34. The van der Waals surface area contributed by atoms with Crippen molar-refractivity contribution in [2.45, 2.75) is 0 Å². The van der Waals surface area contributed by atoms with Crippen molar-refractivity contribution in [3.05, 3.63) is 0 Å². The normalized spacial score (nSPS) is 5.11. The highest BCUT2D eigenvalue weighted by molar-refractivity contribution is 5.75. The molecule has 0 aliphatic rings. The number of nitrogens with zero attached hydrogens (tertiary/aromatic N) is 3. The summed E-state index contributed by atoms with van der Waals surface area (Å²) in [6.45, 7) is 0. The van der Waals surface area contributed by atoms with Crippen molar-refractivity contribution in [1.29, 1.82) is 10.5 Å². The molecule has 9 heavy (non-hydrogen) atoms. The fourth-order valence-corrected chi connectivity index (χ4v) is 0. The molecule has 0 radical (unpaired) electrons. The Labute approximate surface area is 60.5 Å². The number of rotatable bonds is 0. The van der Waals surface area contributed by atoms with Crippen LogP contribution in [0.2, 0.25) is 0 Å². The third-order valence-corrected chi connectivity index (χ3v) is 0.0500. The van der Waals surface area contributed by atoms with Gasteiger partial charge in [-0.05, 0) is 32.1 Å². The first kappa shape index (κ1) is 15.7. The van der Waals surface area contributed by atoms with Crippen LogP contribution in [0.15, 0.2) is 0 Å². The third kappa shape index (κ3) is 7730. The summed E-state index contributed by atoms with van der Waals surface area (Å²) in [5.74, 6) is 0. The Hall–Kier alpha value is -0.843. The van der Waals surface area contributed by atoms with Gasteiger partial charge in [-0.15, -0.1) is 0 Å². The molecule has 3 nitrogen and oxygen atoms in total. The molecule has 0 amide bonds. The van der Waals surface area contributed by atoms with Crippen LogP contribution in [0.25, 0.3) is 0 Å². The highest BCUT2D eigenvalue weighted by Crippen LogP contribution is 1.47. The maximum Gasteiger partial charge on any atom is 0.181 e. The molecule has 0 rings (SSSR count). The molecule has 0 aliphatic heterocycles. The molecule has 0 bridgehead atoms. The fraction of sp³-hybridized carbons (Fsp3) is 0.600. The Morgan fingerprint density at radius 1 is 1.00 bits per heavy atom. The maximum absolute atomic E-state index is 7.26. The van der Waals surface area contributed by atoms with E-state index >= 15 is 0 Å². The van der Waals surface area contributed by atoms with E-state index in [2.05, 4.69) is 0 Å². The van der Waals surface area contributed by atoms with E-state index in [0.29, 0.717) is 0 Å². The van der Waals surface area contributed by atoms with Crippen LogP contribution in [-0.2, 0) is 0 Å². The van der Waals surface area contributed by atoms with Gasteiger partial charge in [-0.1, -0.05) is 0 Å². The van der Waals surface area contributed by atoms with Crippen LogP contribution in [0, 0.1) is 22.7 Å². The SMILES string of the molecule is CN(C)C.N#CC#N.[SiH4]. The first-order valence-corrected chi connectivity index (χ1v) is 2.04. The van der Waals surface area contributed by atoms with Crippen LogP contribution in [-0.4, -0.2) is 37.0 Å². The number of hydrogen-bond acceptors (Lipinski definition) is 3. The van der Waals surface area contributed by atoms with Crippen molar-refractivity contribution < 1.29 is 0 Å². The number of nitriles is 2. The Balaban J connectivity index is -0.0000000720. The molecule has 0 aliphatic carbocycles. The topological polar surface area (TPSA) is 50.8 Å².